The third-order valence-corrected chi connectivity index (χ3v) is 3.77. The molecule has 6 heteroatoms. The number of rotatable bonds is 7. The van der Waals surface area contributed by atoms with Gasteiger partial charge in [-0.25, -0.2) is 0 Å². The lowest BCUT2D eigenvalue weighted by atomic mass is 9.93. The monoisotopic (exact) mass is 315 g/mol. The largest absolute Gasteiger partial charge is 0.480 e. The summed E-state index contributed by atoms with van der Waals surface area (Å²) in [5, 5.41) is 17.0. The van der Waals surface area contributed by atoms with Crippen LogP contribution in [0.4, 0.5) is 0 Å². The molecule has 1 atom stereocenters. The van der Waals surface area contributed by atoms with Crippen molar-refractivity contribution in [2.24, 2.45) is 5.92 Å². The van der Waals surface area contributed by atoms with Crippen molar-refractivity contribution in [3.8, 4) is 0 Å². The highest BCUT2D eigenvalue weighted by Crippen LogP contribution is 2.41. The number of nitrogens with zero attached hydrogens (tertiary/aromatic N) is 2. The quantitative estimate of drug-likeness (QED) is 0.806. The van der Waals surface area contributed by atoms with E-state index in [9.17, 15) is 9.90 Å². The van der Waals surface area contributed by atoms with E-state index in [1.165, 1.54) is 0 Å². The number of aliphatic carboxylic acids is 1. The summed E-state index contributed by atoms with van der Waals surface area (Å²) in [7, 11) is 0. The molecule has 1 saturated carbocycles. The average molecular weight is 316 g/mol. The molecule has 0 bridgehead atoms. The van der Waals surface area contributed by atoms with E-state index < -0.39 is 11.5 Å². The number of halogens is 1. The topological polar surface area (TPSA) is 67.2 Å². The zero-order valence-corrected chi connectivity index (χ0v) is 12.0. The number of carboxylic acids is 1. The maximum Gasteiger partial charge on any atom is 0.326 e. The zero-order valence-electron chi connectivity index (χ0n) is 10.4. The van der Waals surface area contributed by atoms with Gasteiger partial charge in [0, 0.05) is 6.20 Å². The van der Waals surface area contributed by atoms with Gasteiger partial charge in [-0.05, 0) is 47.7 Å². The first-order valence-electron chi connectivity index (χ1n) is 6.25. The molecule has 0 radical (unpaired) electrons. The number of hydrogen-bond donors (Lipinski definition) is 2. The Morgan fingerprint density at radius 2 is 2.44 bits per heavy atom. The second-order valence-corrected chi connectivity index (χ2v) is 5.75. The van der Waals surface area contributed by atoms with Gasteiger partial charge < -0.3 is 10.4 Å². The van der Waals surface area contributed by atoms with Crippen molar-refractivity contribution in [3.63, 3.8) is 0 Å². The third kappa shape index (κ3) is 2.75. The van der Waals surface area contributed by atoms with E-state index >= 15 is 0 Å². The minimum atomic E-state index is -0.874. The number of nitrogens with one attached hydrogen (secondary N) is 1. The predicted octanol–water partition coefficient (Wildman–Crippen LogP) is 1.88. The molecule has 1 fully saturated rings. The van der Waals surface area contributed by atoms with Gasteiger partial charge in [-0.2, -0.15) is 5.10 Å². The fraction of sp³-hybridized carbons (Fsp3) is 0.667. The Kier molecular flexibility index (Phi) is 4.07. The van der Waals surface area contributed by atoms with Gasteiger partial charge in [0.15, 0.2) is 0 Å². The van der Waals surface area contributed by atoms with Crippen molar-refractivity contribution in [1.82, 2.24) is 15.1 Å². The van der Waals surface area contributed by atoms with Gasteiger partial charge >= 0.3 is 5.97 Å². The molecule has 0 aliphatic heterocycles. The fourth-order valence-electron chi connectivity index (χ4n) is 2.25. The van der Waals surface area contributed by atoms with Crippen LogP contribution in [-0.4, -0.2) is 32.9 Å². The van der Waals surface area contributed by atoms with Crippen LogP contribution in [0.3, 0.4) is 0 Å². The smallest absolute Gasteiger partial charge is 0.326 e. The van der Waals surface area contributed by atoms with E-state index in [1.807, 2.05) is 13.1 Å². The molecule has 1 heterocycles. The Morgan fingerprint density at radius 1 is 1.72 bits per heavy atom. The van der Waals surface area contributed by atoms with Gasteiger partial charge in [-0.3, -0.25) is 9.48 Å². The first kappa shape index (κ1) is 13.5. The molecule has 18 heavy (non-hydrogen) atoms. The van der Waals surface area contributed by atoms with Gasteiger partial charge in [0.2, 0.25) is 0 Å². The number of carboxylic acid groups (broad SMARTS) is 1. The molecule has 1 aliphatic rings. The van der Waals surface area contributed by atoms with Gasteiger partial charge in [0.25, 0.3) is 0 Å². The molecule has 2 N–H and O–H groups in total. The first-order valence-corrected chi connectivity index (χ1v) is 7.04. The summed E-state index contributed by atoms with van der Waals surface area (Å²) in [6.07, 6.45) is 6.37. The van der Waals surface area contributed by atoms with Gasteiger partial charge in [-0.1, -0.05) is 6.92 Å². The first-order chi connectivity index (χ1) is 8.58. The van der Waals surface area contributed by atoms with Crippen LogP contribution in [0.5, 0.6) is 0 Å². The van der Waals surface area contributed by atoms with Crippen molar-refractivity contribution in [1.29, 1.82) is 0 Å². The zero-order chi connectivity index (χ0) is 13.2. The summed E-state index contributed by atoms with van der Waals surface area (Å²) in [6, 6.07) is 0. The van der Waals surface area contributed by atoms with Crippen molar-refractivity contribution >= 4 is 21.9 Å². The highest BCUT2D eigenvalue weighted by molar-refractivity contribution is 9.10. The predicted molar refractivity (Wildman–Crippen MR) is 71.3 cm³/mol. The standard InChI is InChI=1S/C12H18BrN3O2/c1-2-5-14-12(11(17)18,9-3-4-9)8-16-7-10(13)6-15-16/h6-7,9,14H,2-5,8H2,1H3,(H,17,18). The number of aromatic nitrogens is 2. The van der Waals surface area contributed by atoms with Crippen molar-refractivity contribution in [3.05, 3.63) is 16.9 Å². The van der Waals surface area contributed by atoms with E-state index in [0.717, 1.165) is 23.7 Å². The SMILES string of the molecule is CCCNC(Cn1cc(Br)cn1)(C(=O)O)C1CC1. The molecule has 1 aliphatic carbocycles. The molecule has 5 nitrogen and oxygen atoms in total. The molecule has 100 valence electrons. The summed E-state index contributed by atoms with van der Waals surface area (Å²) < 4.78 is 2.56. The average Bonchev–Trinajstić information content (AvgIpc) is 3.09. The molecule has 0 spiro atoms. The second kappa shape index (κ2) is 5.40. The van der Waals surface area contributed by atoms with E-state index in [0.29, 0.717) is 13.1 Å². The lowest BCUT2D eigenvalue weighted by molar-refractivity contribution is -0.146. The molecule has 1 aromatic rings. The minimum Gasteiger partial charge on any atom is -0.480 e. The van der Waals surface area contributed by atoms with Crippen LogP contribution in [0.2, 0.25) is 0 Å². The van der Waals surface area contributed by atoms with E-state index in [-0.39, 0.29) is 5.92 Å². The van der Waals surface area contributed by atoms with E-state index in [2.05, 4.69) is 26.3 Å². The van der Waals surface area contributed by atoms with E-state index in [4.69, 9.17) is 0 Å². The summed E-state index contributed by atoms with van der Waals surface area (Å²) in [4.78, 5) is 11.7. The van der Waals surface area contributed by atoms with Gasteiger partial charge in [-0.15, -0.1) is 0 Å². The second-order valence-electron chi connectivity index (χ2n) is 4.83. The van der Waals surface area contributed by atoms with Crippen LogP contribution in [0, 0.1) is 5.92 Å². The fourth-order valence-corrected chi connectivity index (χ4v) is 2.58. The van der Waals surface area contributed by atoms with Crippen LogP contribution < -0.4 is 5.32 Å². The van der Waals surface area contributed by atoms with Gasteiger partial charge in [0.1, 0.15) is 5.54 Å². The molecule has 0 saturated heterocycles. The highest BCUT2D eigenvalue weighted by Gasteiger charge is 2.51. The maximum atomic E-state index is 11.7. The molecule has 1 aromatic heterocycles. The Balaban J connectivity index is 2.19. The van der Waals surface area contributed by atoms with Crippen LogP contribution in [0.15, 0.2) is 16.9 Å². The summed E-state index contributed by atoms with van der Waals surface area (Å²) in [6.45, 7) is 3.13. The van der Waals surface area contributed by atoms with Crippen molar-refractivity contribution in [2.75, 3.05) is 6.54 Å². The minimum absolute atomic E-state index is 0.213. The highest BCUT2D eigenvalue weighted by atomic mass is 79.9. The molecule has 0 amide bonds. The van der Waals surface area contributed by atoms with Crippen LogP contribution in [-0.2, 0) is 11.3 Å². The Hall–Kier alpha value is -0.880. The molecular formula is C12H18BrN3O2. The van der Waals surface area contributed by atoms with Crippen LogP contribution in [0.1, 0.15) is 26.2 Å². The third-order valence-electron chi connectivity index (χ3n) is 3.36. The lowest BCUT2D eigenvalue weighted by Crippen LogP contribution is -2.57. The Morgan fingerprint density at radius 3 is 2.89 bits per heavy atom. The molecular weight excluding hydrogens is 298 g/mol. The van der Waals surface area contributed by atoms with Gasteiger partial charge in [0.05, 0.1) is 17.2 Å². The number of hydrogen-bond acceptors (Lipinski definition) is 3. The maximum absolute atomic E-state index is 11.7. The van der Waals surface area contributed by atoms with Crippen molar-refractivity contribution < 1.29 is 9.90 Å². The van der Waals surface area contributed by atoms with Crippen molar-refractivity contribution in [2.45, 2.75) is 38.3 Å². The normalized spacial score (nSPS) is 18.6. The molecule has 0 aromatic carbocycles. The lowest BCUT2D eigenvalue weighted by Gasteiger charge is -2.30. The van der Waals surface area contributed by atoms with E-state index in [1.54, 1.807) is 10.9 Å². The van der Waals surface area contributed by atoms with Crippen LogP contribution in [0.25, 0.3) is 0 Å². The number of carbonyl (C=O) groups is 1. The summed E-state index contributed by atoms with van der Waals surface area (Å²) >= 11 is 3.33. The summed E-state index contributed by atoms with van der Waals surface area (Å²) in [5.74, 6) is -0.561. The Bertz CT molecular complexity index is 431. The van der Waals surface area contributed by atoms with Crippen LogP contribution >= 0.6 is 15.9 Å². The molecule has 2 rings (SSSR count). The molecule has 1 unspecified atom stereocenters. The summed E-state index contributed by atoms with van der Waals surface area (Å²) in [5.41, 5.74) is -0.874. The Labute approximate surface area is 115 Å².